The van der Waals surface area contributed by atoms with Crippen molar-refractivity contribution in [3.63, 3.8) is 0 Å². The van der Waals surface area contributed by atoms with Crippen LogP contribution in [0.4, 0.5) is 0 Å². The monoisotopic (exact) mass is 415 g/mol. The summed E-state index contributed by atoms with van der Waals surface area (Å²) in [5.41, 5.74) is 2.86. The van der Waals surface area contributed by atoms with Gasteiger partial charge in [0.2, 0.25) is 0 Å². The minimum absolute atomic E-state index is 0.647. The normalized spacial score (nSPS) is 9.97. The molecular weight excluding hydrogens is 378 g/mol. The van der Waals surface area contributed by atoms with E-state index in [4.69, 9.17) is 0 Å². The number of hydrogen-bond acceptors (Lipinski definition) is 3. The summed E-state index contributed by atoms with van der Waals surface area (Å²) in [5.74, 6) is 1.97. The summed E-state index contributed by atoms with van der Waals surface area (Å²) in [7, 11) is 0. The van der Waals surface area contributed by atoms with Crippen molar-refractivity contribution in [2.24, 2.45) is 0 Å². The summed E-state index contributed by atoms with van der Waals surface area (Å²) in [6, 6.07) is 19.9. The zero-order chi connectivity index (χ0) is 23.5. The molecule has 3 rings (SSSR count). The molecule has 164 valence electrons. The summed E-state index contributed by atoms with van der Waals surface area (Å²) in [6.07, 6.45) is 7.55. The van der Waals surface area contributed by atoms with E-state index < -0.39 is 0 Å². The third-order valence-corrected chi connectivity index (χ3v) is 3.68. The van der Waals surface area contributed by atoms with Crippen LogP contribution in [0.25, 0.3) is 28.3 Å². The van der Waals surface area contributed by atoms with Crippen molar-refractivity contribution >= 4 is 5.57 Å². The SMILES string of the molecule is C=C/C=C\C(=C/C)c1nc(-c2ccccc2)nc(-c2ccccc2)n1.CC.CC.CC. The van der Waals surface area contributed by atoms with Crippen LogP contribution >= 0.6 is 0 Å². The molecule has 0 fully saturated rings. The fraction of sp³-hybridized carbons (Fsp3) is 0.250. The highest BCUT2D eigenvalue weighted by molar-refractivity contribution is 5.72. The molecule has 1 aromatic heterocycles. The maximum atomic E-state index is 4.68. The van der Waals surface area contributed by atoms with E-state index >= 15 is 0 Å². The van der Waals surface area contributed by atoms with Crippen molar-refractivity contribution in [3.05, 3.63) is 97.4 Å². The van der Waals surface area contributed by atoms with E-state index in [2.05, 4.69) is 21.5 Å². The van der Waals surface area contributed by atoms with Gasteiger partial charge < -0.3 is 0 Å². The highest BCUT2D eigenvalue weighted by atomic mass is 15.0. The standard InChI is InChI=1S/C22H19N3.3C2H6/c1-3-5-12-17(4-2)20-23-21(18-13-8-6-9-14-18)25-22(24-20)19-15-10-7-11-16-19;3*1-2/h3-16H,1H2,2H3;3*1-2H3/b12-5-,17-4+;;;. The van der Waals surface area contributed by atoms with Gasteiger partial charge >= 0.3 is 0 Å². The molecule has 0 saturated heterocycles. The second kappa shape index (κ2) is 17.5. The van der Waals surface area contributed by atoms with E-state index in [1.807, 2.05) is 127 Å². The lowest BCUT2D eigenvalue weighted by atomic mass is 10.1. The van der Waals surface area contributed by atoms with E-state index in [0.29, 0.717) is 17.5 Å². The molecule has 2 aromatic carbocycles. The van der Waals surface area contributed by atoms with Gasteiger partial charge in [0, 0.05) is 16.7 Å². The Kier molecular flexibility index (Phi) is 15.6. The molecule has 0 atom stereocenters. The van der Waals surface area contributed by atoms with Crippen molar-refractivity contribution in [1.82, 2.24) is 15.0 Å². The molecule has 31 heavy (non-hydrogen) atoms. The Morgan fingerprint density at radius 1 is 0.677 bits per heavy atom. The van der Waals surface area contributed by atoms with Crippen LogP contribution in [-0.4, -0.2) is 15.0 Å². The number of aromatic nitrogens is 3. The molecule has 0 aliphatic heterocycles. The molecule has 0 bridgehead atoms. The third-order valence-electron chi connectivity index (χ3n) is 3.68. The van der Waals surface area contributed by atoms with Crippen molar-refractivity contribution in [2.75, 3.05) is 0 Å². The van der Waals surface area contributed by atoms with Crippen molar-refractivity contribution < 1.29 is 0 Å². The minimum atomic E-state index is 0.647. The first-order valence-electron chi connectivity index (χ1n) is 11.1. The van der Waals surface area contributed by atoms with Crippen LogP contribution in [0, 0.1) is 0 Å². The van der Waals surface area contributed by atoms with Gasteiger partial charge in [-0.3, -0.25) is 0 Å². The fourth-order valence-electron chi connectivity index (χ4n) is 2.41. The predicted octanol–water partition coefficient (Wildman–Crippen LogP) is 8.43. The van der Waals surface area contributed by atoms with Gasteiger partial charge in [0.25, 0.3) is 0 Å². The molecule has 3 heteroatoms. The lowest BCUT2D eigenvalue weighted by Gasteiger charge is -2.08. The van der Waals surface area contributed by atoms with Crippen LogP contribution in [0.5, 0.6) is 0 Å². The quantitative estimate of drug-likeness (QED) is 0.392. The topological polar surface area (TPSA) is 38.7 Å². The van der Waals surface area contributed by atoms with Crippen LogP contribution < -0.4 is 0 Å². The largest absolute Gasteiger partial charge is 0.208 e. The Hall–Kier alpha value is -3.33. The highest BCUT2D eigenvalue weighted by Gasteiger charge is 2.11. The zero-order valence-corrected chi connectivity index (χ0v) is 20.1. The van der Waals surface area contributed by atoms with E-state index in [1.165, 1.54) is 0 Å². The second-order valence-electron chi connectivity index (χ2n) is 5.38. The first-order chi connectivity index (χ1) is 15.3. The molecule has 0 radical (unpaired) electrons. The van der Waals surface area contributed by atoms with E-state index in [1.54, 1.807) is 6.08 Å². The summed E-state index contributed by atoms with van der Waals surface area (Å²) in [6.45, 7) is 17.7. The Labute approximate surface area is 189 Å². The Bertz CT molecular complexity index is 854. The van der Waals surface area contributed by atoms with Crippen molar-refractivity contribution in [1.29, 1.82) is 0 Å². The molecule has 3 aromatic rings. The first-order valence-corrected chi connectivity index (χ1v) is 11.1. The Balaban J connectivity index is 0.00000138. The van der Waals surface area contributed by atoms with E-state index in [0.717, 1.165) is 16.7 Å². The van der Waals surface area contributed by atoms with Gasteiger partial charge in [0.1, 0.15) is 0 Å². The summed E-state index contributed by atoms with van der Waals surface area (Å²) in [5, 5.41) is 0. The molecule has 0 amide bonds. The number of benzene rings is 2. The second-order valence-corrected chi connectivity index (χ2v) is 5.38. The molecule has 0 spiro atoms. The van der Waals surface area contributed by atoms with Crippen LogP contribution in [0.3, 0.4) is 0 Å². The van der Waals surface area contributed by atoms with Gasteiger partial charge in [-0.15, -0.1) is 0 Å². The predicted molar refractivity (Wildman–Crippen MR) is 138 cm³/mol. The van der Waals surface area contributed by atoms with Gasteiger partial charge in [-0.25, -0.2) is 15.0 Å². The summed E-state index contributed by atoms with van der Waals surface area (Å²) in [4.78, 5) is 14.0. The molecule has 0 aliphatic carbocycles. The Morgan fingerprint density at radius 2 is 1.10 bits per heavy atom. The number of hydrogen-bond donors (Lipinski definition) is 0. The maximum Gasteiger partial charge on any atom is 0.164 e. The van der Waals surface area contributed by atoms with E-state index in [-0.39, 0.29) is 0 Å². The molecule has 0 unspecified atom stereocenters. The average Bonchev–Trinajstić information content (AvgIpc) is 2.89. The Morgan fingerprint density at radius 3 is 1.45 bits per heavy atom. The fourth-order valence-corrected chi connectivity index (χ4v) is 2.41. The molecular formula is C28H37N3. The third kappa shape index (κ3) is 8.91. The van der Waals surface area contributed by atoms with Crippen LogP contribution in [0.1, 0.15) is 54.3 Å². The smallest absolute Gasteiger partial charge is 0.164 e. The lowest BCUT2D eigenvalue weighted by Crippen LogP contribution is -2.02. The lowest BCUT2D eigenvalue weighted by molar-refractivity contribution is 1.04. The average molecular weight is 416 g/mol. The number of rotatable bonds is 5. The van der Waals surface area contributed by atoms with Gasteiger partial charge in [0.15, 0.2) is 17.5 Å². The molecule has 0 aliphatic rings. The van der Waals surface area contributed by atoms with Crippen molar-refractivity contribution in [2.45, 2.75) is 48.5 Å². The number of allylic oxidation sites excluding steroid dienone is 5. The zero-order valence-electron chi connectivity index (χ0n) is 20.1. The van der Waals surface area contributed by atoms with Gasteiger partial charge in [0.05, 0.1) is 0 Å². The van der Waals surface area contributed by atoms with Crippen LogP contribution in [-0.2, 0) is 0 Å². The van der Waals surface area contributed by atoms with Gasteiger partial charge in [-0.2, -0.15) is 0 Å². The van der Waals surface area contributed by atoms with E-state index in [9.17, 15) is 0 Å². The molecule has 0 saturated carbocycles. The van der Waals surface area contributed by atoms with Gasteiger partial charge in [-0.05, 0) is 6.92 Å². The maximum absolute atomic E-state index is 4.68. The molecule has 1 heterocycles. The molecule has 3 nitrogen and oxygen atoms in total. The highest BCUT2D eigenvalue weighted by Crippen LogP contribution is 2.23. The summed E-state index contributed by atoms with van der Waals surface area (Å²) < 4.78 is 0. The number of nitrogens with zero attached hydrogens (tertiary/aromatic N) is 3. The van der Waals surface area contributed by atoms with Crippen LogP contribution in [0.2, 0.25) is 0 Å². The van der Waals surface area contributed by atoms with Crippen LogP contribution in [0.15, 0.2) is 91.5 Å². The first kappa shape index (κ1) is 27.7. The van der Waals surface area contributed by atoms with Crippen molar-refractivity contribution in [3.8, 4) is 22.8 Å². The minimum Gasteiger partial charge on any atom is -0.208 e. The van der Waals surface area contributed by atoms with Gasteiger partial charge in [-0.1, -0.05) is 133 Å². The molecule has 0 N–H and O–H groups in total. The summed E-state index contributed by atoms with van der Waals surface area (Å²) >= 11 is 0.